The highest BCUT2D eigenvalue weighted by atomic mass is 35.5. The summed E-state index contributed by atoms with van der Waals surface area (Å²) in [6.45, 7) is 2.08. The molecule has 1 aliphatic rings. The molecule has 0 aromatic carbocycles. The van der Waals surface area contributed by atoms with Crippen molar-refractivity contribution in [1.82, 2.24) is 4.72 Å². The van der Waals surface area contributed by atoms with Crippen LogP contribution in [0.2, 0.25) is 0 Å². The van der Waals surface area contributed by atoms with Gasteiger partial charge in [-0.15, -0.1) is 12.4 Å². The van der Waals surface area contributed by atoms with Crippen LogP contribution in [0.1, 0.15) is 43.2 Å². The Morgan fingerprint density at radius 3 is 2.65 bits per heavy atom. The molecule has 2 rings (SSSR count). The second kappa shape index (κ2) is 8.68. The maximum Gasteiger partial charge on any atom is 0.374 e. The number of nitrogens with two attached hydrogens (primary N) is 1. The minimum Gasteiger partial charge on any atom is -0.460 e. The Bertz CT molecular complexity index is 610. The van der Waals surface area contributed by atoms with E-state index in [0.29, 0.717) is 0 Å². The lowest BCUT2D eigenvalue weighted by Crippen LogP contribution is -2.44. The smallest absolute Gasteiger partial charge is 0.374 e. The van der Waals surface area contributed by atoms with Crippen molar-refractivity contribution in [1.29, 1.82) is 0 Å². The van der Waals surface area contributed by atoms with Gasteiger partial charge < -0.3 is 14.9 Å². The molecule has 0 bridgehead atoms. The van der Waals surface area contributed by atoms with E-state index in [1.807, 2.05) is 0 Å². The van der Waals surface area contributed by atoms with Gasteiger partial charge in [0.15, 0.2) is 0 Å². The van der Waals surface area contributed by atoms with Crippen molar-refractivity contribution >= 4 is 28.4 Å². The molecule has 0 saturated heterocycles. The first-order chi connectivity index (χ1) is 10.5. The molecule has 1 fully saturated rings. The number of nitrogens with one attached hydrogen (secondary N) is 1. The minimum absolute atomic E-state index is 0. The summed E-state index contributed by atoms with van der Waals surface area (Å²) in [6.07, 6.45) is 4.13. The van der Waals surface area contributed by atoms with Crippen LogP contribution in [0.4, 0.5) is 0 Å². The van der Waals surface area contributed by atoms with Crippen LogP contribution >= 0.6 is 12.4 Å². The standard InChI is InChI=1S/C14H22N2O5S.ClH/c1-2-20-14(17)12-7-8-13(21-12)22(18,19)16-11(9-15)10-5-3-4-6-10;/h7-8,10-11,16H,2-6,9,15H2,1H3;1H. The van der Waals surface area contributed by atoms with Gasteiger partial charge >= 0.3 is 5.97 Å². The van der Waals surface area contributed by atoms with Crippen molar-refractivity contribution in [2.45, 2.75) is 43.7 Å². The largest absolute Gasteiger partial charge is 0.460 e. The van der Waals surface area contributed by atoms with E-state index < -0.39 is 16.0 Å². The third kappa shape index (κ3) is 4.94. The van der Waals surface area contributed by atoms with Crippen LogP contribution in [-0.4, -0.2) is 33.6 Å². The summed E-state index contributed by atoms with van der Waals surface area (Å²) in [5.41, 5.74) is 5.70. The monoisotopic (exact) mass is 366 g/mol. The lowest BCUT2D eigenvalue weighted by Gasteiger charge is -2.22. The van der Waals surface area contributed by atoms with E-state index in [1.54, 1.807) is 6.92 Å². The number of hydrogen-bond acceptors (Lipinski definition) is 6. The number of carbonyl (C=O) groups excluding carboxylic acids is 1. The SMILES string of the molecule is CCOC(=O)c1ccc(S(=O)(=O)NC(CN)C2CCCC2)o1.Cl. The molecule has 132 valence electrons. The first-order valence-electron chi connectivity index (χ1n) is 7.47. The summed E-state index contributed by atoms with van der Waals surface area (Å²) in [5.74, 6) is -0.568. The van der Waals surface area contributed by atoms with Gasteiger partial charge in [-0.3, -0.25) is 0 Å². The van der Waals surface area contributed by atoms with Crippen LogP contribution in [0.15, 0.2) is 21.6 Å². The summed E-state index contributed by atoms with van der Waals surface area (Å²) in [4.78, 5) is 11.5. The Balaban J connectivity index is 0.00000264. The van der Waals surface area contributed by atoms with E-state index in [1.165, 1.54) is 12.1 Å². The van der Waals surface area contributed by atoms with Crippen LogP contribution in [0.5, 0.6) is 0 Å². The van der Waals surface area contributed by atoms with Crippen molar-refractivity contribution in [3.63, 3.8) is 0 Å². The molecule has 1 saturated carbocycles. The second-order valence-electron chi connectivity index (χ2n) is 5.35. The third-order valence-corrected chi connectivity index (χ3v) is 5.21. The highest BCUT2D eigenvalue weighted by molar-refractivity contribution is 7.89. The van der Waals surface area contributed by atoms with Gasteiger partial charge in [-0.25, -0.2) is 17.9 Å². The molecule has 23 heavy (non-hydrogen) atoms. The molecular weight excluding hydrogens is 344 g/mol. The highest BCUT2D eigenvalue weighted by Gasteiger charge is 2.30. The first kappa shape index (κ1) is 20.0. The number of sulfonamides is 1. The van der Waals surface area contributed by atoms with E-state index >= 15 is 0 Å². The zero-order valence-electron chi connectivity index (χ0n) is 13.0. The lowest BCUT2D eigenvalue weighted by atomic mass is 9.99. The zero-order chi connectivity index (χ0) is 16.2. The van der Waals surface area contributed by atoms with E-state index in [9.17, 15) is 13.2 Å². The number of halogens is 1. The van der Waals surface area contributed by atoms with Gasteiger partial charge in [-0.05, 0) is 37.8 Å². The van der Waals surface area contributed by atoms with Crippen LogP contribution < -0.4 is 10.5 Å². The van der Waals surface area contributed by atoms with Gasteiger partial charge in [0.05, 0.1) is 6.61 Å². The molecule has 0 radical (unpaired) electrons. The van der Waals surface area contributed by atoms with Gasteiger partial charge in [-0.2, -0.15) is 0 Å². The fourth-order valence-corrected chi connectivity index (χ4v) is 3.98. The van der Waals surface area contributed by atoms with Gasteiger partial charge in [0.1, 0.15) is 0 Å². The van der Waals surface area contributed by atoms with Crippen molar-refractivity contribution in [3.8, 4) is 0 Å². The van der Waals surface area contributed by atoms with E-state index in [2.05, 4.69) is 4.72 Å². The molecule has 3 N–H and O–H groups in total. The fraction of sp³-hybridized carbons (Fsp3) is 0.643. The Kier molecular flexibility index (Phi) is 7.53. The van der Waals surface area contributed by atoms with Crippen molar-refractivity contribution in [2.24, 2.45) is 11.7 Å². The number of rotatable bonds is 7. The van der Waals surface area contributed by atoms with Crippen LogP contribution in [0, 0.1) is 5.92 Å². The number of furan rings is 1. The summed E-state index contributed by atoms with van der Waals surface area (Å²) >= 11 is 0. The molecule has 0 aliphatic heterocycles. The molecule has 1 aromatic heterocycles. The van der Waals surface area contributed by atoms with Crippen LogP contribution in [0.25, 0.3) is 0 Å². The molecule has 1 aromatic rings. The van der Waals surface area contributed by atoms with Crippen molar-refractivity contribution in [3.05, 3.63) is 17.9 Å². The number of carbonyl (C=O) groups is 1. The van der Waals surface area contributed by atoms with Crippen molar-refractivity contribution < 1.29 is 22.4 Å². The Morgan fingerprint density at radius 1 is 1.43 bits per heavy atom. The van der Waals surface area contributed by atoms with Crippen LogP contribution in [-0.2, 0) is 14.8 Å². The molecular formula is C14H23ClN2O5S. The average Bonchev–Trinajstić information content (AvgIpc) is 3.16. The summed E-state index contributed by atoms with van der Waals surface area (Å²) in [5, 5.41) is -0.299. The van der Waals surface area contributed by atoms with E-state index in [0.717, 1.165) is 25.7 Å². The maximum absolute atomic E-state index is 12.3. The van der Waals surface area contributed by atoms with E-state index in [-0.39, 0.29) is 48.4 Å². The van der Waals surface area contributed by atoms with Gasteiger partial charge in [-0.1, -0.05) is 12.8 Å². The van der Waals surface area contributed by atoms with E-state index in [4.69, 9.17) is 14.9 Å². The van der Waals surface area contributed by atoms with Crippen LogP contribution in [0.3, 0.4) is 0 Å². The molecule has 0 amide bonds. The summed E-state index contributed by atoms with van der Waals surface area (Å²) in [6, 6.07) is 2.22. The predicted molar refractivity (Wildman–Crippen MR) is 87.0 cm³/mol. The number of hydrogen-bond donors (Lipinski definition) is 2. The second-order valence-corrected chi connectivity index (χ2v) is 6.99. The predicted octanol–water partition coefficient (Wildman–Crippen LogP) is 1.67. The first-order valence-corrected chi connectivity index (χ1v) is 8.95. The molecule has 7 nitrogen and oxygen atoms in total. The fourth-order valence-electron chi connectivity index (χ4n) is 2.73. The average molecular weight is 367 g/mol. The molecule has 1 aliphatic carbocycles. The summed E-state index contributed by atoms with van der Waals surface area (Å²) in [7, 11) is -3.84. The minimum atomic E-state index is -3.84. The Hall–Kier alpha value is -1.09. The highest BCUT2D eigenvalue weighted by Crippen LogP contribution is 2.28. The topological polar surface area (TPSA) is 112 Å². The zero-order valence-corrected chi connectivity index (χ0v) is 14.6. The third-order valence-electron chi connectivity index (χ3n) is 3.85. The van der Waals surface area contributed by atoms with Gasteiger partial charge in [0, 0.05) is 12.6 Å². The Labute approximate surface area is 142 Å². The number of esters is 1. The molecule has 0 spiro atoms. The quantitative estimate of drug-likeness (QED) is 0.710. The summed E-state index contributed by atoms with van der Waals surface area (Å²) < 4.78 is 37.1. The molecule has 1 atom stereocenters. The Morgan fingerprint density at radius 2 is 2.09 bits per heavy atom. The van der Waals surface area contributed by atoms with Gasteiger partial charge in [0.2, 0.25) is 10.9 Å². The molecule has 1 unspecified atom stereocenters. The maximum atomic E-state index is 12.3. The molecule has 9 heteroatoms. The van der Waals surface area contributed by atoms with Crippen molar-refractivity contribution in [2.75, 3.05) is 13.2 Å². The normalized spacial score (nSPS) is 16.8. The lowest BCUT2D eigenvalue weighted by molar-refractivity contribution is 0.0484. The molecule has 1 heterocycles. The van der Waals surface area contributed by atoms with Gasteiger partial charge in [0.25, 0.3) is 10.0 Å². The number of ether oxygens (including phenoxy) is 1.